The van der Waals surface area contributed by atoms with Gasteiger partial charge in [0, 0.05) is 12.5 Å². The van der Waals surface area contributed by atoms with Crippen LogP contribution in [0, 0.1) is 0 Å². The summed E-state index contributed by atoms with van der Waals surface area (Å²) in [5, 5.41) is 6.84. The molecule has 0 saturated carbocycles. The highest BCUT2D eigenvalue weighted by atomic mass is 32.1. The molecule has 1 unspecified atom stereocenters. The first-order valence-corrected chi connectivity index (χ1v) is 5.79. The molecule has 1 atom stereocenters. The molecule has 1 rings (SSSR count). The standard InChI is InChI=1S/C10H14F3NS/c1-2-14-9(3-5-10(11,12)13)8-4-6-15-7-8/h4,6-7,9,14H,2-3,5H2,1H3. The third-order valence-electron chi connectivity index (χ3n) is 2.11. The SMILES string of the molecule is CCNC(CCC(F)(F)F)c1ccsc1. The fourth-order valence-corrected chi connectivity index (χ4v) is 2.13. The fourth-order valence-electron chi connectivity index (χ4n) is 1.41. The van der Waals surface area contributed by atoms with Crippen LogP contribution in [0.2, 0.25) is 0 Å². The summed E-state index contributed by atoms with van der Waals surface area (Å²) in [7, 11) is 0. The van der Waals surface area contributed by atoms with Gasteiger partial charge in [-0.25, -0.2) is 0 Å². The van der Waals surface area contributed by atoms with Crippen LogP contribution in [0.3, 0.4) is 0 Å². The lowest BCUT2D eigenvalue weighted by molar-refractivity contribution is -0.136. The third kappa shape index (κ3) is 4.66. The topological polar surface area (TPSA) is 12.0 Å². The van der Waals surface area contributed by atoms with Crippen molar-refractivity contribution in [2.24, 2.45) is 0 Å². The van der Waals surface area contributed by atoms with Crippen molar-refractivity contribution in [1.29, 1.82) is 0 Å². The highest BCUT2D eigenvalue weighted by molar-refractivity contribution is 7.07. The normalized spacial score (nSPS) is 14.1. The van der Waals surface area contributed by atoms with Crippen LogP contribution >= 0.6 is 11.3 Å². The molecule has 86 valence electrons. The lowest BCUT2D eigenvalue weighted by atomic mass is 10.1. The summed E-state index contributed by atoms with van der Waals surface area (Å²) in [6.07, 6.45) is -4.70. The zero-order chi connectivity index (χ0) is 11.3. The molecule has 0 aromatic carbocycles. The zero-order valence-electron chi connectivity index (χ0n) is 8.47. The van der Waals surface area contributed by atoms with Gasteiger partial charge in [-0.05, 0) is 35.4 Å². The average molecular weight is 237 g/mol. The van der Waals surface area contributed by atoms with Gasteiger partial charge in [-0.1, -0.05) is 6.92 Å². The summed E-state index contributed by atoms with van der Waals surface area (Å²) in [4.78, 5) is 0. The Labute approximate surface area is 91.3 Å². The minimum atomic E-state index is -4.07. The van der Waals surface area contributed by atoms with Gasteiger partial charge in [0.15, 0.2) is 0 Å². The molecule has 0 aliphatic heterocycles. The van der Waals surface area contributed by atoms with E-state index in [4.69, 9.17) is 0 Å². The van der Waals surface area contributed by atoms with Crippen molar-refractivity contribution in [3.63, 3.8) is 0 Å². The molecule has 1 heterocycles. The van der Waals surface area contributed by atoms with E-state index >= 15 is 0 Å². The number of rotatable bonds is 5. The second-order valence-corrected chi connectivity index (χ2v) is 4.10. The van der Waals surface area contributed by atoms with E-state index < -0.39 is 12.6 Å². The van der Waals surface area contributed by atoms with Crippen LogP contribution in [-0.4, -0.2) is 12.7 Å². The monoisotopic (exact) mass is 237 g/mol. The summed E-state index contributed by atoms with van der Waals surface area (Å²) in [5.74, 6) is 0. The maximum atomic E-state index is 12.1. The molecule has 0 spiro atoms. The second kappa shape index (κ2) is 5.51. The van der Waals surface area contributed by atoms with Crippen LogP contribution in [-0.2, 0) is 0 Å². The quantitative estimate of drug-likeness (QED) is 0.822. The van der Waals surface area contributed by atoms with Crippen LogP contribution in [0.5, 0.6) is 0 Å². The van der Waals surface area contributed by atoms with Gasteiger partial charge in [0.05, 0.1) is 0 Å². The molecule has 0 saturated heterocycles. The van der Waals surface area contributed by atoms with Gasteiger partial charge in [0.2, 0.25) is 0 Å². The van der Waals surface area contributed by atoms with Crippen LogP contribution in [0.15, 0.2) is 16.8 Å². The smallest absolute Gasteiger partial charge is 0.310 e. The van der Waals surface area contributed by atoms with E-state index in [2.05, 4.69) is 5.32 Å². The molecule has 0 aliphatic carbocycles. The predicted octanol–water partition coefficient (Wildman–Crippen LogP) is 3.74. The first-order chi connectivity index (χ1) is 7.03. The molecule has 5 heteroatoms. The Balaban J connectivity index is 2.52. The summed E-state index contributed by atoms with van der Waals surface area (Å²) >= 11 is 1.51. The Bertz CT molecular complexity index is 269. The van der Waals surface area contributed by atoms with Crippen molar-refractivity contribution in [1.82, 2.24) is 5.32 Å². The number of hydrogen-bond donors (Lipinski definition) is 1. The Hall–Kier alpha value is -0.550. The van der Waals surface area contributed by atoms with Gasteiger partial charge in [-0.2, -0.15) is 24.5 Å². The molecule has 15 heavy (non-hydrogen) atoms. The third-order valence-corrected chi connectivity index (χ3v) is 2.81. The highest BCUT2D eigenvalue weighted by Gasteiger charge is 2.28. The first kappa shape index (κ1) is 12.5. The number of nitrogens with one attached hydrogen (secondary N) is 1. The van der Waals surface area contributed by atoms with E-state index in [0.717, 1.165) is 5.56 Å². The Morgan fingerprint density at radius 1 is 1.47 bits per heavy atom. The van der Waals surface area contributed by atoms with Crippen LogP contribution in [0.25, 0.3) is 0 Å². The molecule has 1 N–H and O–H groups in total. The average Bonchev–Trinajstić information content (AvgIpc) is 2.63. The van der Waals surface area contributed by atoms with E-state index in [1.54, 1.807) is 0 Å². The number of halogens is 3. The molecule has 0 aliphatic rings. The second-order valence-electron chi connectivity index (χ2n) is 3.32. The van der Waals surface area contributed by atoms with Crippen LogP contribution < -0.4 is 5.32 Å². The maximum absolute atomic E-state index is 12.1. The Kier molecular flexibility index (Phi) is 4.60. The van der Waals surface area contributed by atoms with E-state index in [-0.39, 0.29) is 12.5 Å². The Morgan fingerprint density at radius 2 is 2.20 bits per heavy atom. The van der Waals surface area contributed by atoms with E-state index in [0.29, 0.717) is 6.54 Å². The molecule has 0 fully saturated rings. The van der Waals surface area contributed by atoms with Gasteiger partial charge >= 0.3 is 6.18 Å². The van der Waals surface area contributed by atoms with Crippen molar-refractivity contribution < 1.29 is 13.2 Å². The summed E-state index contributed by atoms with van der Waals surface area (Å²) in [6.45, 7) is 2.57. The van der Waals surface area contributed by atoms with Gasteiger partial charge in [0.25, 0.3) is 0 Å². The molecule has 0 radical (unpaired) electrons. The van der Waals surface area contributed by atoms with Crippen molar-refractivity contribution in [2.75, 3.05) is 6.54 Å². The lowest BCUT2D eigenvalue weighted by Crippen LogP contribution is -2.22. The molecule has 1 nitrogen and oxygen atoms in total. The van der Waals surface area contributed by atoms with Gasteiger partial charge in [-0.3, -0.25) is 0 Å². The minimum Gasteiger partial charge on any atom is -0.310 e. The molecular formula is C10H14F3NS. The molecular weight excluding hydrogens is 223 g/mol. The molecule has 1 aromatic heterocycles. The van der Waals surface area contributed by atoms with Crippen molar-refractivity contribution >= 4 is 11.3 Å². The first-order valence-electron chi connectivity index (χ1n) is 4.85. The zero-order valence-corrected chi connectivity index (χ0v) is 9.29. The highest BCUT2D eigenvalue weighted by Crippen LogP contribution is 2.28. The molecule has 0 bridgehead atoms. The van der Waals surface area contributed by atoms with E-state index in [1.807, 2.05) is 23.8 Å². The van der Waals surface area contributed by atoms with Gasteiger partial charge in [-0.15, -0.1) is 0 Å². The fraction of sp³-hybridized carbons (Fsp3) is 0.600. The van der Waals surface area contributed by atoms with E-state index in [1.165, 1.54) is 11.3 Å². The van der Waals surface area contributed by atoms with Crippen LogP contribution in [0.1, 0.15) is 31.4 Å². The largest absolute Gasteiger partial charge is 0.389 e. The summed E-state index contributed by atoms with van der Waals surface area (Å²) in [6, 6.07) is 1.69. The van der Waals surface area contributed by atoms with Crippen LogP contribution in [0.4, 0.5) is 13.2 Å². The van der Waals surface area contributed by atoms with E-state index in [9.17, 15) is 13.2 Å². The lowest BCUT2D eigenvalue weighted by Gasteiger charge is -2.17. The predicted molar refractivity (Wildman–Crippen MR) is 56.0 cm³/mol. The Morgan fingerprint density at radius 3 is 2.67 bits per heavy atom. The summed E-state index contributed by atoms with van der Waals surface area (Å²) in [5.41, 5.74) is 0.950. The maximum Gasteiger partial charge on any atom is 0.389 e. The van der Waals surface area contributed by atoms with Crippen molar-refractivity contribution in [2.45, 2.75) is 32.0 Å². The van der Waals surface area contributed by atoms with Gasteiger partial charge < -0.3 is 5.32 Å². The number of hydrogen-bond acceptors (Lipinski definition) is 2. The summed E-state index contributed by atoms with van der Waals surface area (Å²) < 4.78 is 36.2. The molecule has 1 aromatic rings. The van der Waals surface area contributed by atoms with Gasteiger partial charge in [0.1, 0.15) is 0 Å². The molecule has 0 amide bonds. The number of alkyl halides is 3. The number of thiophene rings is 1. The van der Waals surface area contributed by atoms with Crippen molar-refractivity contribution in [3.05, 3.63) is 22.4 Å². The van der Waals surface area contributed by atoms with Crippen molar-refractivity contribution in [3.8, 4) is 0 Å². The minimum absolute atomic E-state index is 0.105.